The van der Waals surface area contributed by atoms with Gasteiger partial charge in [-0.2, -0.15) is 0 Å². The molecule has 1 atom stereocenters. The number of nitrogens with zero attached hydrogens (tertiary/aromatic N) is 3. The molecule has 0 aliphatic carbocycles. The summed E-state index contributed by atoms with van der Waals surface area (Å²) >= 11 is 0. The fourth-order valence-corrected chi connectivity index (χ4v) is 6.50. The van der Waals surface area contributed by atoms with Gasteiger partial charge in [-0.15, -0.1) is 0 Å². The van der Waals surface area contributed by atoms with Crippen molar-refractivity contribution in [3.8, 4) is 0 Å². The first-order chi connectivity index (χ1) is 19.2. The Morgan fingerprint density at radius 2 is 1.56 bits per heavy atom. The number of benzene rings is 4. The van der Waals surface area contributed by atoms with E-state index in [1.54, 1.807) is 0 Å². The second-order valence-electron chi connectivity index (χ2n) is 10.9. The first-order valence-electron chi connectivity index (χ1n) is 14.3. The van der Waals surface area contributed by atoms with Gasteiger partial charge >= 0.3 is 0 Å². The summed E-state index contributed by atoms with van der Waals surface area (Å²) in [5, 5.41) is 4.74. The quantitative estimate of drug-likeness (QED) is 0.231. The van der Waals surface area contributed by atoms with Gasteiger partial charge in [0, 0.05) is 24.4 Å². The summed E-state index contributed by atoms with van der Waals surface area (Å²) in [5.74, 6) is 1.19. The predicted molar refractivity (Wildman–Crippen MR) is 159 cm³/mol. The molecule has 5 nitrogen and oxygen atoms in total. The zero-order chi connectivity index (χ0) is 26.7. The molecule has 39 heavy (non-hydrogen) atoms. The van der Waals surface area contributed by atoms with Gasteiger partial charge in [-0.3, -0.25) is 4.79 Å². The predicted octanol–water partition coefficient (Wildman–Crippen LogP) is 6.77. The lowest BCUT2D eigenvalue weighted by Gasteiger charge is -2.49. The summed E-state index contributed by atoms with van der Waals surface area (Å²) in [4.78, 5) is 24.1. The Hall–Kier alpha value is -3.96. The van der Waals surface area contributed by atoms with Crippen molar-refractivity contribution in [3.05, 3.63) is 114 Å². The van der Waals surface area contributed by atoms with Crippen molar-refractivity contribution in [3.63, 3.8) is 0 Å². The number of nitrogens with one attached hydrogen (secondary N) is 1. The van der Waals surface area contributed by atoms with Gasteiger partial charge in [-0.1, -0.05) is 92.2 Å². The van der Waals surface area contributed by atoms with Gasteiger partial charge < -0.3 is 14.4 Å². The lowest BCUT2D eigenvalue weighted by molar-refractivity contribution is -0.961. The van der Waals surface area contributed by atoms with Crippen LogP contribution in [0.3, 0.4) is 0 Å². The Bertz CT molecular complexity index is 1560. The van der Waals surface area contributed by atoms with Gasteiger partial charge in [0.2, 0.25) is 0 Å². The second-order valence-corrected chi connectivity index (χ2v) is 10.9. The zero-order valence-corrected chi connectivity index (χ0v) is 22.7. The van der Waals surface area contributed by atoms with E-state index in [4.69, 9.17) is 4.98 Å². The van der Waals surface area contributed by atoms with Gasteiger partial charge in [-0.05, 0) is 39.6 Å². The van der Waals surface area contributed by atoms with Crippen LogP contribution in [0, 0.1) is 0 Å². The molecule has 4 aromatic carbocycles. The van der Waals surface area contributed by atoms with Gasteiger partial charge in [0.1, 0.15) is 0 Å². The van der Waals surface area contributed by atoms with E-state index in [-0.39, 0.29) is 11.9 Å². The van der Waals surface area contributed by atoms with Crippen LogP contribution >= 0.6 is 0 Å². The summed E-state index contributed by atoms with van der Waals surface area (Å²) in [6, 6.07) is 29.8. The monoisotopic (exact) mass is 517 g/mol. The molecule has 1 amide bonds. The van der Waals surface area contributed by atoms with Crippen LogP contribution in [0.4, 0.5) is 0 Å². The number of aromatic nitrogens is 2. The largest absolute Gasteiger partial charge is 0.344 e. The average molecular weight is 518 g/mol. The van der Waals surface area contributed by atoms with Gasteiger partial charge in [0.25, 0.3) is 5.91 Å². The van der Waals surface area contributed by atoms with Crippen molar-refractivity contribution >= 4 is 27.5 Å². The van der Waals surface area contributed by atoms with Gasteiger partial charge in [-0.25, -0.2) is 4.98 Å². The fourth-order valence-electron chi connectivity index (χ4n) is 6.50. The van der Waals surface area contributed by atoms with E-state index in [9.17, 15) is 4.79 Å². The molecule has 6 rings (SSSR count). The van der Waals surface area contributed by atoms with E-state index in [1.165, 1.54) is 16.3 Å². The summed E-state index contributed by atoms with van der Waals surface area (Å²) in [6.45, 7) is 6.70. The molecule has 1 aliphatic heterocycles. The van der Waals surface area contributed by atoms with Gasteiger partial charge in [0.05, 0.1) is 32.7 Å². The zero-order valence-electron chi connectivity index (χ0n) is 22.7. The van der Waals surface area contributed by atoms with Crippen molar-refractivity contribution in [1.29, 1.82) is 0 Å². The third kappa shape index (κ3) is 4.95. The third-order valence-electron chi connectivity index (χ3n) is 8.68. The molecule has 0 bridgehead atoms. The Balaban J connectivity index is 1.31. The van der Waals surface area contributed by atoms with Crippen LogP contribution in [0.15, 0.2) is 97.3 Å². The normalized spacial score (nSPS) is 16.0. The minimum absolute atomic E-state index is 0.142. The lowest BCUT2D eigenvalue weighted by Crippen LogP contribution is -2.62. The van der Waals surface area contributed by atoms with E-state index in [2.05, 4.69) is 77.5 Å². The number of carbonyl (C=O) groups excluding carboxylic acids is 1. The second kappa shape index (κ2) is 11.0. The van der Waals surface area contributed by atoms with Crippen LogP contribution in [0.25, 0.3) is 21.5 Å². The summed E-state index contributed by atoms with van der Waals surface area (Å²) in [7, 11) is 0. The Morgan fingerprint density at radius 3 is 2.28 bits per heavy atom. The summed E-state index contributed by atoms with van der Waals surface area (Å²) in [6.07, 6.45) is 7.04. The first-order valence-corrected chi connectivity index (χ1v) is 14.3. The average Bonchev–Trinajstić information content (AvgIpc) is 3.53. The topological polar surface area (TPSA) is 49.0 Å². The molecule has 1 aliphatic rings. The molecular weight excluding hydrogens is 480 g/mol. The molecule has 0 radical (unpaired) electrons. The summed E-state index contributed by atoms with van der Waals surface area (Å²) in [5.41, 5.74) is 2.16. The SMILES string of the molecule is CCCC[N+]1([C@@H](Cc2cccc3ccccc23)c2ncc[nH]2)CCN(C(=O)c2cccc3ccccc23)CC1. The number of carbonyl (C=O) groups is 1. The highest BCUT2D eigenvalue weighted by molar-refractivity contribution is 6.07. The molecule has 0 saturated carbocycles. The van der Waals surface area contributed by atoms with Crippen molar-refractivity contribution in [2.45, 2.75) is 32.2 Å². The van der Waals surface area contributed by atoms with Crippen LogP contribution in [-0.4, -0.2) is 58.0 Å². The molecule has 5 heteroatoms. The number of amides is 1. The van der Waals surface area contributed by atoms with Gasteiger partial charge in [0.15, 0.2) is 11.9 Å². The van der Waals surface area contributed by atoms with Crippen LogP contribution in [-0.2, 0) is 6.42 Å². The number of hydrogen-bond donors (Lipinski definition) is 1. The van der Waals surface area contributed by atoms with Crippen molar-refractivity contribution in [2.75, 3.05) is 32.7 Å². The van der Waals surface area contributed by atoms with Crippen molar-refractivity contribution < 1.29 is 9.28 Å². The maximum atomic E-state index is 13.8. The fraction of sp³-hybridized carbons (Fsp3) is 0.294. The molecule has 1 fully saturated rings. The van der Waals surface area contributed by atoms with E-state index < -0.39 is 0 Å². The smallest absolute Gasteiger partial charge is 0.254 e. The van der Waals surface area contributed by atoms with Crippen LogP contribution in [0.5, 0.6) is 0 Å². The third-order valence-corrected chi connectivity index (χ3v) is 8.68. The van der Waals surface area contributed by atoms with Crippen LogP contribution < -0.4 is 0 Å². The number of unbranched alkanes of at least 4 members (excludes halogenated alkanes) is 1. The molecule has 1 aromatic heterocycles. The number of hydrogen-bond acceptors (Lipinski definition) is 2. The number of imidazole rings is 1. The molecule has 1 N–H and O–H groups in total. The lowest BCUT2D eigenvalue weighted by atomic mass is 9.94. The molecule has 0 unspecified atom stereocenters. The molecule has 1 saturated heterocycles. The van der Waals surface area contributed by atoms with Crippen LogP contribution in [0.2, 0.25) is 0 Å². The number of quaternary nitrogens is 1. The Kier molecular flexibility index (Phi) is 7.16. The van der Waals surface area contributed by atoms with Crippen molar-refractivity contribution in [1.82, 2.24) is 14.9 Å². The highest BCUT2D eigenvalue weighted by Crippen LogP contribution is 2.35. The minimum atomic E-state index is 0.142. The number of aromatic amines is 1. The van der Waals surface area contributed by atoms with E-state index in [0.29, 0.717) is 0 Å². The standard InChI is InChI=1S/C34H37N4O/c1-2-3-22-38(23-20-37(21-24-38)34(39)31-17-9-13-27-11-5-7-16-30(27)31)32(33-35-18-19-36-33)25-28-14-8-12-26-10-4-6-15-29(26)28/h4-19,32H,2-3,20-25H2,1H3,(H,35,36)/q+1/t32-/m0/s1. The number of fused-ring (bicyclic) bond motifs is 2. The number of H-pyrrole nitrogens is 1. The maximum absolute atomic E-state index is 13.8. The van der Waals surface area contributed by atoms with E-state index >= 15 is 0 Å². The number of piperazine rings is 1. The molecule has 5 aromatic rings. The first kappa shape index (κ1) is 25.3. The minimum Gasteiger partial charge on any atom is -0.344 e. The Morgan fingerprint density at radius 1 is 0.897 bits per heavy atom. The number of rotatable bonds is 8. The van der Waals surface area contributed by atoms with E-state index in [1.807, 2.05) is 36.7 Å². The molecule has 0 spiro atoms. The molecule has 2 heterocycles. The highest BCUT2D eigenvalue weighted by Gasteiger charge is 2.43. The Labute approximate surface area is 230 Å². The van der Waals surface area contributed by atoms with E-state index in [0.717, 1.165) is 78.6 Å². The van der Waals surface area contributed by atoms with Crippen molar-refractivity contribution in [2.24, 2.45) is 0 Å². The van der Waals surface area contributed by atoms with Crippen LogP contribution in [0.1, 0.15) is 47.6 Å². The maximum Gasteiger partial charge on any atom is 0.254 e. The molecule has 198 valence electrons. The molecular formula is C34H37N4O+. The summed E-state index contributed by atoms with van der Waals surface area (Å²) < 4.78 is 0.948. The highest BCUT2D eigenvalue weighted by atomic mass is 16.2.